The summed E-state index contributed by atoms with van der Waals surface area (Å²) in [7, 11) is 0. The summed E-state index contributed by atoms with van der Waals surface area (Å²) in [5, 5.41) is 10.2. The lowest BCUT2D eigenvalue weighted by Crippen LogP contribution is -2.34. The highest BCUT2D eigenvalue weighted by molar-refractivity contribution is 5.69. The molecule has 9 heteroatoms. The summed E-state index contributed by atoms with van der Waals surface area (Å²) in [5.74, 6) is -1.47. The van der Waals surface area contributed by atoms with E-state index in [1.165, 1.54) is 89.9 Å². The van der Waals surface area contributed by atoms with E-state index in [0.717, 1.165) is 30.0 Å². The molecular weight excluding hydrogens is 491 g/mol. The fourth-order valence-corrected chi connectivity index (χ4v) is 4.95. The number of aliphatic hydroxyl groups is 1. The monoisotopic (exact) mass is 540 g/mol. The van der Waals surface area contributed by atoms with E-state index < -0.39 is 35.5 Å². The first-order valence-corrected chi connectivity index (χ1v) is 14.9. The number of carbonyl (C=O) groups excluding carboxylic acids is 1. The fraction of sp³-hybridized carbons (Fsp3) is 0.828. The van der Waals surface area contributed by atoms with Gasteiger partial charge in [0.1, 0.15) is 18.9 Å². The number of aromatic amines is 1. The van der Waals surface area contributed by atoms with Crippen molar-refractivity contribution in [3.05, 3.63) is 32.9 Å². The zero-order valence-electron chi connectivity index (χ0n) is 23.3. The first kappa shape index (κ1) is 32.2. The molecule has 2 rings (SSSR count). The fourth-order valence-electron chi connectivity index (χ4n) is 4.95. The Hall–Kier alpha value is -2.00. The molecule has 0 amide bonds. The molecule has 0 unspecified atom stereocenters. The molecule has 1 aromatic rings. The normalized spacial score (nSPS) is 19.2. The molecule has 0 bridgehead atoms. The summed E-state index contributed by atoms with van der Waals surface area (Å²) < 4.78 is 25.2. The maximum Gasteiger partial charge on any atom is 0.330 e. The lowest BCUT2D eigenvalue weighted by molar-refractivity contribution is -0.150. The first-order valence-electron chi connectivity index (χ1n) is 14.9. The van der Waals surface area contributed by atoms with Gasteiger partial charge in [-0.1, -0.05) is 110 Å². The molecule has 1 aliphatic rings. The third kappa shape index (κ3) is 12.7. The van der Waals surface area contributed by atoms with Gasteiger partial charge in [0, 0.05) is 12.8 Å². The Balaban J connectivity index is 1.42. The third-order valence-electron chi connectivity index (χ3n) is 7.33. The van der Waals surface area contributed by atoms with Crippen LogP contribution >= 0.6 is 0 Å². The minimum absolute atomic E-state index is 0.0206. The van der Waals surface area contributed by atoms with Crippen molar-refractivity contribution in [1.82, 2.24) is 9.55 Å². The van der Waals surface area contributed by atoms with Gasteiger partial charge in [-0.25, -0.2) is 4.79 Å². The van der Waals surface area contributed by atoms with Crippen molar-refractivity contribution in [2.45, 2.75) is 147 Å². The van der Waals surface area contributed by atoms with Crippen molar-refractivity contribution in [3.8, 4) is 0 Å². The third-order valence-corrected chi connectivity index (χ3v) is 7.33. The molecule has 1 aliphatic heterocycles. The number of carbonyl (C=O) groups is 1. The zero-order chi connectivity index (χ0) is 27.6. The van der Waals surface area contributed by atoms with Crippen molar-refractivity contribution in [2.24, 2.45) is 0 Å². The van der Waals surface area contributed by atoms with E-state index in [1.54, 1.807) is 0 Å². The molecule has 2 N–H and O–H groups in total. The Morgan fingerprint density at radius 2 is 1.45 bits per heavy atom. The molecule has 0 spiro atoms. The first-order chi connectivity index (χ1) is 18.4. The van der Waals surface area contributed by atoms with Crippen molar-refractivity contribution in [2.75, 3.05) is 6.61 Å². The molecule has 8 nitrogen and oxygen atoms in total. The van der Waals surface area contributed by atoms with Crippen LogP contribution in [0.4, 0.5) is 4.39 Å². The van der Waals surface area contributed by atoms with E-state index in [4.69, 9.17) is 9.47 Å². The van der Waals surface area contributed by atoms with Crippen LogP contribution in [0.1, 0.15) is 135 Å². The maximum atomic E-state index is 13.5. The summed E-state index contributed by atoms with van der Waals surface area (Å²) in [5.41, 5.74) is -1.94. The molecule has 0 aromatic carbocycles. The highest BCUT2D eigenvalue weighted by atomic mass is 19.1. The minimum atomic E-state index is -1.12. The van der Waals surface area contributed by atoms with E-state index in [1.807, 2.05) is 4.98 Å². The van der Waals surface area contributed by atoms with Crippen molar-refractivity contribution >= 4 is 5.97 Å². The van der Waals surface area contributed by atoms with E-state index in [2.05, 4.69) is 6.92 Å². The number of aromatic nitrogens is 2. The van der Waals surface area contributed by atoms with Crippen LogP contribution in [0.2, 0.25) is 0 Å². The van der Waals surface area contributed by atoms with Crippen LogP contribution in [0.5, 0.6) is 0 Å². The molecule has 1 fully saturated rings. The molecule has 0 saturated carbocycles. The van der Waals surface area contributed by atoms with Crippen LogP contribution in [0.15, 0.2) is 15.8 Å². The number of hydrogen-bond acceptors (Lipinski definition) is 6. The number of ether oxygens (including phenoxy) is 2. The van der Waals surface area contributed by atoms with E-state index >= 15 is 0 Å². The number of hydrogen-bond donors (Lipinski definition) is 2. The molecule has 1 aromatic heterocycles. The summed E-state index contributed by atoms with van der Waals surface area (Å²) in [4.78, 5) is 37.0. The molecule has 218 valence electrons. The number of unbranched alkanes of at least 4 members (excludes halogenated alkanes) is 16. The van der Waals surface area contributed by atoms with Gasteiger partial charge in [0.05, 0.1) is 12.3 Å². The Morgan fingerprint density at radius 1 is 0.947 bits per heavy atom. The van der Waals surface area contributed by atoms with Crippen LogP contribution in [0.3, 0.4) is 0 Å². The van der Waals surface area contributed by atoms with Crippen LogP contribution < -0.4 is 11.2 Å². The Labute approximate surface area is 226 Å². The summed E-state index contributed by atoms with van der Waals surface area (Å²) >= 11 is 0. The van der Waals surface area contributed by atoms with E-state index in [-0.39, 0.29) is 19.0 Å². The van der Waals surface area contributed by atoms with Crippen molar-refractivity contribution < 1.29 is 23.8 Å². The predicted octanol–water partition coefficient (Wildman–Crippen LogP) is 5.91. The van der Waals surface area contributed by atoms with Gasteiger partial charge < -0.3 is 14.6 Å². The number of nitrogens with one attached hydrogen (secondary N) is 1. The molecule has 0 aliphatic carbocycles. The second-order valence-corrected chi connectivity index (χ2v) is 10.7. The zero-order valence-corrected chi connectivity index (χ0v) is 23.3. The number of rotatable bonds is 21. The van der Waals surface area contributed by atoms with Gasteiger partial charge in [-0.15, -0.1) is 0 Å². The molecule has 2 heterocycles. The lowest BCUT2D eigenvalue weighted by atomic mass is 10.0. The van der Waals surface area contributed by atoms with Gasteiger partial charge >= 0.3 is 11.7 Å². The number of esters is 1. The summed E-state index contributed by atoms with van der Waals surface area (Å²) in [6.45, 7) is 2.12. The topological polar surface area (TPSA) is 111 Å². The van der Waals surface area contributed by atoms with Crippen LogP contribution in [-0.2, 0) is 14.3 Å². The van der Waals surface area contributed by atoms with E-state index in [9.17, 15) is 23.9 Å². The molecule has 3 atom stereocenters. The van der Waals surface area contributed by atoms with Gasteiger partial charge in [-0.2, -0.15) is 4.39 Å². The molecule has 0 radical (unpaired) electrons. The minimum Gasteiger partial charge on any atom is -0.463 e. The number of halogens is 1. The number of aliphatic hydroxyl groups excluding tert-OH is 1. The second kappa shape index (κ2) is 19.1. The van der Waals surface area contributed by atoms with Gasteiger partial charge in [-0.05, 0) is 6.42 Å². The van der Waals surface area contributed by atoms with Crippen molar-refractivity contribution in [3.63, 3.8) is 0 Å². The molecule has 38 heavy (non-hydrogen) atoms. The molecular formula is C29H49FN2O6. The summed E-state index contributed by atoms with van der Waals surface area (Å²) in [6.07, 6.45) is 20.1. The Bertz CT molecular complexity index is 902. The van der Waals surface area contributed by atoms with Crippen molar-refractivity contribution in [1.29, 1.82) is 0 Å². The maximum absolute atomic E-state index is 13.5. The SMILES string of the molecule is CCCCCCCCCCCCCCCCCCCC(=O)OC[C@H]1O[C@@H](n2cc(F)c(=O)[nH]c2=O)C[C@@H]1O. The smallest absolute Gasteiger partial charge is 0.330 e. The van der Waals surface area contributed by atoms with Crippen LogP contribution in [0.25, 0.3) is 0 Å². The number of H-pyrrole nitrogens is 1. The standard InChI is InChI=1S/C29H49FN2O6/c1-2-3-4-5-6-7-8-9-10-11-12-13-14-15-16-17-18-19-27(34)37-22-25-24(33)20-26(38-25)32-21-23(30)28(35)31-29(32)36/h21,24-26,33H,2-20,22H2,1H3,(H,31,35,36)/t24-,25+,26+/m0/s1. The molecule has 1 saturated heterocycles. The Kier molecular flexibility index (Phi) is 16.2. The van der Waals surface area contributed by atoms with Gasteiger partial charge in [0.15, 0.2) is 0 Å². The van der Waals surface area contributed by atoms with Gasteiger partial charge in [0.25, 0.3) is 5.56 Å². The van der Waals surface area contributed by atoms with Gasteiger partial charge in [0.2, 0.25) is 5.82 Å². The highest BCUT2D eigenvalue weighted by Crippen LogP contribution is 2.28. The highest BCUT2D eigenvalue weighted by Gasteiger charge is 2.36. The second-order valence-electron chi connectivity index (χ2n) is 10.7. The summed E-state index contributed by atoms with van der Waals surface area (Å²) in [6, 6.07) is 0. The van der Waals surface area contributed by atoms with E-state index in [0.29, 0.717) is 6.42 Å². The van der Waals surface area contributed by atoms with Gasteiger partial charge in [-0.3, -0.25) is 19.1 Å². The number of nitrogens with zero attached hydrogens (tertiary/aromatic N) is 1. The largest absolute Gasteiger partial charge is 0.463 e. The van der Waals surface area contributed by atoms with Crippen LogP contribution in [-0.4, -0.2) is 39.4 Å². The average Bonchev–Trinajstić information content (AvgIpc) is 3.26. The average molecular weight is 541 g/mol. The van der Waals surface area contributed by atoms with Crippen LogP contribution in [0, 0.1) is 5.82 Å². The lowest BCUT2D eigenvalue weighted by Gasteiger charge is -2.16. The predicted molar refractivity (Wildman–Crippen MR) is 146 cm³/mol. The Morgan fingerprint density at radius 3 is 1.97 bits per heavy atom. The quantitative estimate of drug-likeness (QED) is 0.148.